The van der Waals surface area contributed by atoms with Crippen LogP contribution in [0.5, 0.6) is 5.75 Å². The van der Waals surface area contributed by atoms with E-state index in [1.165, 1.54) is 38.1 Å². The molecule has 26 heavy (non-hydrogen) atoms. The summed E-state index contributed by atoms with van der Waals surface area (Å²) in [6.45, 7) is 0. The summed E-state index contributed by atoms with van der Waals surface area (Å²) in [6.07, 6.45) is 11.2. The Bertz CT molecular complexity index is 853. The fraction of sp³-hybridized carbons (Fsp3) is 0.316. The predicted molar refractivity (Wildman–Crippen MR) is 107 cm³/mol. The normalized spacial score (nSPS) is 15.1. The number of nitriles is 1. The summed E-state index contributed by atoms with van der Waals surface area (Å²) >= 11 is 14.1. The van der Waals surface area contributed by atoms with Crippen molar-refractivity contribution in [1.82, 2.24) is 9.97 Å². The number of rotatable bonds is 5. The zero-order valence-electron chi connectivity index (χ0n) is 14.2. The average Bonchev–Trinajstić information content (AvgIpc) is 3.15. The van der Waals surface area contributed by atoms with E-state index in [4.69, 9.17) is 27.9 Å². The lowest BCUT2D eigenvalue weighted by molar-refractivity contribution is 0.402. The van der Waals surface area contributed by atoms with Crippen LogP contribution >= 0.6 is 35.0 Å². The van der Waals surface area contributed by atoms with Crippen molar-refractivity contribution in [2.24, 2.45) is 0 Å². The summed E-state index contributed by atoms with van der Waals surface area (Å²) in [5.41, 5.74) is 1.51. The first kappa shape index (κ1) is 19.0. The van der Waals surface area contributed by atoms with Crippen LogP contribution in [0.4, 0.5) is 0 Å². The Morgan fingerprint density at radius 1 is 1.27 bits per heavy atom. The maximum absolute atomic E-state index is 9.63. The van der Waals surface area contributed by atoms with Gasteiger partial charge in [0.2, 0.25) is 0 Å². The van der Waals surface area contributed by atoms with Gasteiger partial charge in [-0.1, -0.05) is 36.0 Å². The number of hydrogen-bond donors (Lipinski definition) is 0. The van der Waals surface area contributed by atoms with Crippen molar-refractivity contribution in [3.63, 3.8) is 0 Å². The van der Waals surface area contributed by atoms with Crippen molar-refractivity contribution < 1.29 is 4.74 Å². The lowest BCUT2D eigenvalue weighted by atomic mass is 10.1. The molecule has 0 radical (unpaired) electrons. The number of methoxy groups -OCH3 is 1. The van der Waals surface area contributed by atoms with Crippen LogP contribution < -0.4 is 4.74 Å². The van der Waals surface area contributed by atoms with Gasteiger partial charge in [-0.3, -0.25) is 9.97 Å². The number of hydrogen-bond acceptors (Lipinski definition) is 5. The summed E-state index contributed by atoms with van der Waals surface area (Å²) in [5, 5.41) is 11.0. The van der Waals surface area contributed by atoms with Gasteiger partial charge in [0, 0.05) is 23.2 Å². The van der Waals surface area contributed by atoms with E-state index in [0.29, 0.717) is 32.1 Å². The van der Waals surface area contributed by atoms with E-state index < -0.39 is 0 Å². The molecule has 2 aromatic rings. The fourth-order valence-corrected chi connectivity index (χ4v) is 4.70. The fourth-order valence-electron chi connectivity index (χ4n) is 2.87. The van der Waals surface area contributed by atoms with Crippen LogP contribution in [0.1, 0.15) is 36.9 Å². The van der Waals surface area contributed by atoms with Crippen molar-refractivity contribution in [3.05, 3.63) is 46.0 Å². The minimum Gasteiger partial charge on any atom is -0.494 e. The number of halogens is 2. The molecule has 0 amide bonds. The molecule has 134 valence electrons. The van der Waals surface area contributed by atoms with E-state index in [0.717, 1.165) is 10.6 Å². The molecule has 0 unspecified atom stereocenters. The van der Waals surface area contributed by atoms with E-state index >= 15 is 0 Å². The summed E-state index contributed by atoms with van der Waals surface area (Å²) in [6, 6.07) is 4.09. The van der Waals surface area contributed by atoms with Crippen molar-refractivity contribution in [2.75, 3.05) is 7.11 Å². The molecule has 1 aliphatic carbocycles. The molecule has 0 N–H and O–H groups in total. The first-order valence-corrected chi connectivity index (χ1v) is 9.87. The van der Waals surface area contributed by atoms with Crippen LogP contribution in [-0.2, 0) is 0 Å². The van der Waals surface area contributed by atoms with E-state index in [9.17, 15) is 5.26 Å². The van der Waals surface area contributed by atoms with Crippen LogP contribution in [0, 0.1) is 11.3 Å². The van der Waals surface area contributed by atoms with Crippen molar-refractivity contribution >= 4 is 46.6 Å². The highest BCUT2D eigenvalue weighted by Gasteiger charge is 2.19. The molecule has 7 heteroatoms. The number of aromatic nitrogens is 2. The van der Waals surface area contributed by atoms with Crippen molar-refractivity contribution in [1.29, 1.82) is 5.26 Å². The first-order chi connectivity index (χ1) is 12.6. The molecule has 1 fully saturated rings. The van der Waals surface area contributed by atoms with Gasteiger partial charge in [-0.2, -0.15) is 5.26 Å². The van der Waals surface area contributed by atoms with E-state index in [1.807, 2.05) is 6.07 Å². The van der Waals surface area contributed by atoms with Gasteiger partial charge in [-0.05, 0) is 25.0 Å². The van der Waals surface area contributed by atoms with Gasteiger partial charge in [-0.15, -0.1) is 11.8 Å². The lowest BCUT2D eigenvalue weighted by Gasteiger charge is -2.13. The Balaban J connectivity index is 1.98. The Labute approximate surface area is 167 Å². The largest absolute Gasteiger partial charge is 0.494 e. The van der Waals surface area contributed by atoms with Crippen LogP contribution in [0.25, 0.3) is 11.6 Å². The molecule has 0 spiro atoms. The topological polar surface area (TPSA) is 58.8 Å². The molecule has 0 bridgehead atoms. The van der Waals surface area contributed by atoms with Gasteiger partial charge >= 0.3 is 0 Å². The Morgan fingerprint density at radius 3 is 2.58 bits per heavy atom. The highest BCUT2D eigenvalue weighted by molar-refractivity contribution is 8.00. The second-order valence-corrected chi connectivity index (χ2v) is 8.09. The van der Waals surface area contributed by atoms with Gasteiger partial charge in [0.05, 0.1) is 39.5 Å². The van der Waals surface area contributed by atoms with Gasteiger partial charge < -0.3 is 4.74 Å². The summed E-state index contributed by atoms with van der Waals surface area (Å²) in [5.74, 6) is 0.725. The van der Waals surface area contributed by atoms with E-state index in [2.05, 4.69) is 16.0 Å². The van der Waals surface area contributed by atoms with Crippen LogP contribution in [-0.4, -0.2) is 22.3 Å². The van der Waals surface area contributed by atoms with Gasteiger partial charge in [-0.25, -0.2) is 0 Å². The highest BCUT2D eigenvalue weighted by atomic mass is 35.5. The van der Waals surface area contributed by atoms with Gasteiger partial charge in [0.1, 0.15) is 6.07 Å². The molecule has 4 nitrogen and oxygen atoms in total. The smallest absolute Gasteiger partial charge is 0.150 e. The summed E-state index contributed by atoms with van der Waals surface area (Å²) < 4.78 is 5.44. The van der Waals surface area contributed by atoms with Crippen molar-refractivity contribution in [2.45, 2.75) is 35.8 Å². The number of ether oxygens (including phenoxy) is 1. The molecule has 0 aromatic carbocycles. The number of thioether (sulfide) groups is 1. The molecule has 1 saturated carbocycles. The Hall–Kier alpha value is -1.74. The zero-order valence-corrected chi connectivity index (χ0v) is 16.5. The molecule has 0 atom stereocenters. The number of allylic oxidation sites excluding steroid dienone is 1. The van der Waals surface area contributed by atoms with E-state index in [-0.39, 0.29) is 0 Å². The molecule has 2 aromatic heterocycles. The minimum absolute atomic E-state index is 0.385. The Morgan fingerprint density at radius 2 is 1.96 bits per heavy atom. The van der Waals surface area contributed by atoms with Crippen molar-refractivity contribution in [3.8, 4) is 11.8 Å². The molecule has 0 saturated heterocycles. The monoisotopic (exact) mass is 405 g/mol. The number of nitrogens with zero attached hydrogens (tertiary/aromatic N) is 3. The van der Waals surface area contributed by atoms with Gasteiger partial charge in [0.15, 0.2) is 5.75 Å². The van der Waals surface area contributed by atoms with E-state index in [1.54, 1.807) is 31.1 Å². The van der Waals surface area contributed by atoms with Gasteiger partial charge in [0.25, 0.3) is 0 Å². The van der Waals surface area contributed by atoms with Crippen LogP contribution in [0.3, 0.4) is 0 Å². The molecular formula is C19H17Cl2N3OS. The lowest BCUT2D eigenvalue weighted by Crippen LogP contribution is -1.98. The quantitative estimate of drug-likeness (QED) is 0.580. The SMILES string of the molecule is COc1cnc(C(C#N)=Cc2c(Cl)cncc2Cl)cc1SC1CCCC1. The highest BCUT2D eigenvalue weighted by Crippen LogP contribution is 2.40. The predicted octanol–water partition coefficient (Wildman–Crippen LogP) is 5.89. The maximum atomic E-state index is 9.63. The molecule has 3 rings (SSSR count). The standard InChI is InChI=1S/C19H17Cl2N3OS/c1-25-18-11-24-17(7-19(18)26-13-4-2-3-5-13)12(8-22)6-14-15(20)9-23-10-16(14)21/h6-7,9-11,13H,2-5H2,1H3. The molecular weight excluding hydrogens is 389 g/mol. The third-order valence-corrected chi connectivity index (χ3v) is 6.20. The minimum atomic E-state index is 0.385. The second kappa shape index (κ2) is 8.77. The third kappa shape index (κ3) is 4.32. The molecule has 1 aliphatic rings. The number of pyridine rings is 2. The zero-order chi connectivity index (χ0) is 18.5. The third-order valence-electron chi connectivity index (χ3n) is 4.22. The molecule has 0 aliphatic heterocycles. The van der Waals surface area contributed by atoms with Crippen LogP contribution in [0.2, 0.25) is 10.0 Å². The summed E-state index contributed by atoms with van der Waals surface area (Å²) in [4.78, 5) is 9.31. The maximum Gasteiger partial charge on any atom is 0.150 e. The second-order valence-electron chi connectivity index (χ2n) is 5.93. The van der Waals surface area contributed by atoms with Crippen LogP contribution in [0.15, 0.2) is 29.6 Å². The Kier molecular flexibility index (Phi) is 6.42. The first-order valence-electron chi connectivity index (χ1n) is 8.24. The summed E-state index contributed by atoms with van der Waals surface area (Å²) in [7, 11) is 1.63. The average molecular weight is 406 g/mol. The molecule has 2 heterocycles.